The monoisotopic (exact) mass is 1380 g/mol. The Balaban J connectivity index is 5.24. The lowest BCUT2D eigenvalue weighted by atomic mass is 9.99. The van der Waals surface area contributed by atoms with Crippen LogP contribution in [0, 0.1) is 23.7 Å². The molecule has 0 radical (unpaired) electrons. The van der Waals surface area contributed by atoms with Gasteiger partial charge in [0.15, 0.2) is 12.2 Å². The van der Waals surface area contributed by atoms with Crippen molar-refractivity contribution in [2.24, 2.45) is 23.7 Å². The molecule has 0 saturated carbocycles. The minimum Gasteiger partial charge on any atom is -0.462 e. The number of carbonyl (C=O) groups is 4. The van der Waals surface area contributed by atoms with E-state index < -0.39 is 97.5 Å². The first-order valence-corrected chi connectivity index (χ1v) is 41.8. The van der Waals surface area contributed by atoms with Crippen molar-refractivity contribution in [3.05, 3.63) is 0 Å². The summed E-state index contributed by atoms with van der Waals surface area (Å²) in [6.07, 6.45) is 48.5. The molecule has 0 aliphatic rings. The maximum Gasteiger partial charge on any atom is 0.472 e. The van der Waals surface area contributed by atoms with Crippen molar-refractivity contribution in [1.29, 1.82) is 0 Å². The summed E-state index contributed by atoms with van der Waals surface area (Å²) in [5.74, 6) is 0.952. The summed E-state index contributed by atoms with van der Waals surface area (Å²) in [6, 6.07) is 0. The number of phosphoric ester groups is 2. The molecule has 0 aliphatic heterocycles. The van der Waals surface area contributed by atoms with Gasteiger partial charge >= 0.3 is 39.5 Å². The summed E-state index contributed by atoms with van der Waals surface area (Å²) >= 11 is 0. The molecule has 0 amide bonds. The first-order chi connectivity index (χ1) is 45.2. The number of hydrogen-bond donors (Lipinski definition) is 3. The van der Waals surface area contributed by atoms with Crippen LogP contribution in [-0.4, -0.2) is 96.7 Å². The predicted octanol–water partition coefficient (Wildman–Crippen LogP) is 21.7. The van der Waals surface area contributed by atoms with E-state index in [1.54, 1.807) is 0 Å². The summed E-state index contributed by atoms with van der Waals surface area (Å²) in [7, 11) is -9.91. The highest BCUT2D eigenvalue weighted by Crippen LogP contribution is 2.45. The quantitative estimate of drug-likeness (QED) is 0.0222. The molecule has 0 bridgehead atoms. The van der Waals surface area contributed by atoms with Crippen LogP contribution in [0.5, 0.6) is 0 Å². The molecule has 0 aromatic heterocycles. The zero-order valence-electron chi connectivity index (χ0n) is 61.6. The van der Waals surface area contributed by atoms with E-state index in [-0.39, 0.29) is 25.7 Å². The number of phosphoric acid groups is 2. The van der Waals surface area contributed by atoms with Crippen LogP contribution in [0.4, 0.5) is 0 Å². The molecule has 3 N–H and O–H groups in total. The molecule has 4 unspecified atom stereocenters. The van der Waals surface area contributed by atoms with Gasteiger partial charge in [0.05, 0.1) is 26.4 Å². The number of aliphatic hydroxyl groups is 1. The fraction of sp³-hybridized carbons (Fsp3) is 0.947. The Kier molecular flexibility index (Phi) is 63.1. The number of esters is 4. The van der Waals surface area contributed by atoms with E-state index >= 15 is 0 Å². The molecule has 558 valence electrons. The first kappa shape index (κ1) is 92.1. The maximum atomic E-state index is 13.1. The Morgan fingerprint density at radius 3 is 0.755 bits per heavy atom. The van der Waals surface area contributed by atoms with E-state index in [1.165, 1.54) is 173 Å². The second kappa shape index (κ2) is 64.4. The third-order valence-corrected chi connectivity index (χ3v) is 19.9. The van der Waals surface area contributed by atoms with Crippen LogP contribution < -0.4 is 0 Å². The Bertz CT molecular complexity index is 1850. The van der Waals surface area contributed by atoms with Gasteiger partial charge in [0.25, 0.3) is 0 Å². The normalized spacial score (nSPS) is 14.7. The molecule has 94 heavy (non-hydrogen) atoms. The van der Waals surface area contributed by atoms with E-state index in [0.29, 0.717) is 25.7 Å². The van der Waals surface area contributed by atoms with Crippen LogP contribution in [0.25, 0.3) is 0 Å². The molecule has 0 rings (SSSR count). The molecular weight excluding hydrogens is 1230 g/mol. The minimum atomic E-state index is -4.96. The fourth-order valence-corrected chi connectivity index (χ4v) is 12.9. The highest BCUT2D eigenvalue weighted by Gasteiger charge is 2.30. The van der Waals surface area contributed by atoms with Crippen molar-refractivity contribution in [3.63, 3.8) is 0 Å². The van der Waals surface area contributed by atoms with E-state index in [4.69, 9.17) is 37.0 Å². The van der Waals surface area contributed by atoms with Gasteiger partial charge in [-0.05, 0) is 49.4 Å². The second-order valence-corrected chi connectivity index (χ2v) is 31.4. The molecular formula is C75H146O17P2. The average molecular weight is 1380 g/mol. The molecule has 0 fully saturated rings. The summed E-state index contributed by atoms with van der Waals surface area (Å²) in [5.41, 5.74) is 0. The van der Waals surface area contributed by atoms with Gasteiger partial charge in [-0.1, -0.05) is 325 Å². The summed E-state index contributed by atoms with van der Waals surface area (Å²) in [5, 5.41) is 10.6. The number of aliphatic hydroxyl groups excluding tert-OH is 1. The lowest BCUT2D eigenvalue weighted by Crippen LogP contribution is -2.30. The Labute approximate surface area is 575 Å². The summed E-state index contributed by atoms with van der Waals surface area (Å²) in [4.78, 5) is 72.8. The summed E-state index contributed by atoms with van der Waals surface area (Å²) in [6.45, 7) is 14.2. The lowest BCUT2D eigenvalue weighted by Gasteiger charge is -2.21. The van der Waals surface area contributed by atoms with Crippen molar-refractivity contribution in [3.8, 4) is 0 Å². The van der Waals surface area contributed by atoms with Gasteiger partial charge in [-0.15, -0.1) is 0 Å². The third-order valence-electron chi connectivity index (χ3n) is 18.0. The standard InChI is InChI=1S/C75H146O17P2/c1-9-67(7)53-45-37-29-25-26-32-42-50-58-75(80)92-70(61-85-72(77)55-47-39-30-23-19-14-12-11-13-17-21-27-35-43-51-65(3)4)63-89-93(81,82)87-59-69(76)60-88-94(83,84)90-64-71(62-86-73(78)56-48-40-34-33-38-46-54-68(8)10-2)91-74(79)57-49-41-31-24-20-16-15-18-22-28-36-44-52-66(5)6/h65-71,76H,9-64H2,1-8H3,(H,81,82)(H,83,84)/t67?,68?,69-,70-,71-/m1/s1. The van der Waals surface area contributed by atoms with Crippen molar-refractivity contribution < 1.29 is 80.2 Å². The zero-order chi connectivity index (χ0) is 69.6. The van der Waals surface area contributed by atoms with Gasteiger partial charge in [0.2, 0.25) is 0 Å². The van der Waals surface area contributed by atoms with E-state index in [0.717, 1.165) is 120 Å². The van der Waals surface area contributed by atoms with E-state index in [9.17, 15) is 43.2 Å². The lowest BCUT2D eigenvalue weighted by molar-refractivity contribution is -0.161. The molecule has 0 aliphatic carbocycles. The van der Waals surface area contributed by atoms with Crippen molar-refractivity contribution in [1.82, 2.24) is 0 Å². The SMILES string of the molecule is CCC(C)CCCCCCCCCCC(=O)O[C@H](COC(=O)CCCCCCCCCCCCCCCCC(C)C)COP(=O)(O)OC[C@@H](O)COP(=O)(O)OC[C@@H](COC(=O)CCCCCCCCC(C)CC)OC(=O)CCCCCCCCCCCCCCC(C)C. The minimum absolute atomic E-state index is 0.105. The van der Waals surface area contributed by atoms with Crippen molar-refractivity contribution >= 4 is 39.5 Å². The van der Waals surface area contributed by atoms with E-state index in [2.05, 4.69) is 55.4 Å². The van der Waals surface area contributed by atoms with Gasteiger partial charge < -0.3 is 33.8 Å². The van der Waals surface area contributed by atoms with Crippen molar-refractivity contribution in [2.75, 3.05) is 39.6 Å². The zero-order valence-corrected chi connectivity index (χ0v) is 63.4. The van der Waals surface area contributed by atoms with E-state index in [1.807, 2.05) is 0 Å². The van der Waals surface area contributed by atoms with Crippen LogP contribution >= 0.6 is 15.6 Å². The van der Waals surface area contributed by atoms with Crippen LogP contribution in [-0.2, 0) is 65.4 Å². The molecule has 7 atom stereocenters. The van der Waals surface area contributed by atoms with Gasteiger partial charge in [0, 0.05) is 25.7 Å². The number of rotatable bonds is 72. The van der Waals surface area contributed by atoms with Gasteiger partial charge in [-0.2, -0.15) is 0 Å². The molecule has 17 nitrogen and oxygen atoms in total. The molecule has 0 spiro atoms. The number of hydrogen-bond acceptors (Lipinski definition) is 15. The number of carbonyl (C=O) groups excluding carboxylic acids is 4. The second-order valence-electron chi connectivity index (χ2n) is 28.5. The maximum absolute atomic E-state index is 13.1. The molecule has 0 saturated heterocycles. The summed E-state index contributed by atoms with van der Waals surface area (Å²) < 4.78 is 68.5. The van der Waals surface area contributed by atoms with Crippen LogP contribution in [0.15, 0.2) is 0 Å². The van der Waals surface area contributed by atoms with Gasteiger partial charge in [-0.25, -0.2) is 9.13 Å². The van der Waals surface area contributed by atoms with Crippen molar-refractivity contribution in [2.45, 2.75) is 395 Å². The highest BCUT2D eigenvalue weighted by atomic mass is 31.2. The third kappa shape index (κ3) is 66.0. The Morgan fingerprint density at radius 2 is 0.511 bits per heavy atom. The fourth-order valence-electron chi connectivity index (χ4n) is 11.3. The van der Waals surface area contributed by atoms with Crippen LogP contribution in [0.2, 0.25) is 0 Å². The predicted molar refractivity (Wildman–Crippen MR) is 381 cm³/mol. The Morgan fingerprint density at radius 1 is 0.298 bits per heavy atom. The molecule has 0 heterocycles. The van der Waals surface area contributed by atoms with Crippen LogP contribution in [0.1, 0.15) is 376 Å². The van der Waals surface area contributed by atoms with Gasteiger partial charge in [0.1, 0.15) is 19.3 Å². The largest absolute Gasteiger partial charge is 0.472 e. The Hall–Kier alpha value is -1.94. The average Bonchev–Trinajstić information content (AvgIpc) is 1.37. The molecule has 19 heteroatoms. The first-order valence-electron chi connectivity index (χ1n) is 38.8. The smallest absolute Gasteiger partial charge is 0.462 e. The molecule has 0 aromatic rings. The number of ether oxygens (including phenoxy) is 4. The van der Waals surface area contributed by atoms with Crippen LogP contribution in [0.3, 0.4) is 0 Å². The molecule has 0 aromatic carbocycles. The topological polar surface area (TPSA) is 237 Å². The van der Waals surface area contributed by atoms with Gasteiger partial charge in [-0.3, -0.25) is 37.3 Å². The highest BCUT2D eigenvalue weighted by molar-refractivity contribution is 7.47. The number of unbranched alkanes of at least 4 members (excludes halogenated alkanes) is 36.